The zero-order chi connectivity index (χ0) is 15.3. The molecule has 5 heteroatoms. The maximum Gasteiger partial charge on any atom is 0.331 e. The summed E-state index contributed by atoms with van der Waals surface area (Å²) in [5.41, 5.74) is 5.96. The van der Waals surface area contributed by atoms with Crippen molar-refractivity contribution in [3.63, 3.8) is 0 Å². The third-order valence-electron chi connectivity index (χ3n) is 3.20. The monoisotopic (exact) mass is 305 g/mol. The quantitative estimate of drug-likeness (QED) is 0.656. The molecule has 1 unspecified atom stereocenters. The van der Waals surface area contributed by atoms with Gasteiger partial charge in [-0.15, -0.1) is 11.8 Å². The lowest BCUT2D eigenvalue weighted by Gasteiger charge is -2.27. The van der Waals surface area contributed by atoms with Gasteiger partial charge in [-0.2, -0.15) is 0 Å². The molecule has 112 valence electrons. The van der Waals surface area contributed by atoms with E-state index < -0.39 is 11.5 Å². The number of esters is 1. The molecule has 1 heterocycles. The molecule has 0 aliphatic carbocycles. The maximum absolute atomic E-state index is 12.3. The van der Waals surface area contributed by atoms with Crippen LogP contribution >= 0.6 is 11.8 Å². The molecule has 1 aromatic heterocycles. The molecular weight excluding hydrogens is 286 g/mol. The van der Waals surface area contributed by atoms with Gasteiger partial charge >= 0.3 is 5.97 Å². The Balaban J connectivity index is 2.24. The Morgan fingerprint density at radius 1 is 1.33 bits per heavy atom. The van der Waals surface area contributed by atoms with Crippen LogP contribution in [0, 0.1) is 6.92 Å². The average molecular weight is 305 g/mol. The van der Waals surface area contributed by atoms with Gasteiger partial charge in [-0.25, -0.2) is 4.79 Å². The summed E-state index contributed by atoms with van der Waals surface area (Å²) in [5.74, 6) is 0.792. The standard InChI is InChI=1S/C16H19NO3S/c1-3-19-15(18)16(17,13-7-5-4-6-8-13)11-21-14-9-10-20-12(14)2/h4-10H,3,11,17H2,1-2H3. The van der Waals surface area contributed by atoms with E-state index in [1.807, 2.05) is 43.3 Å². The highest BCUT2D eigenvalue weighted by Crippen LogP contribution is 2.31. The molecule has 0 spiro atoms. The summed E-state index contributed by atoms with van der Waals surface area (Å²) in [6, 6.07) is 11.2. The lowest BCUT2D eigenvalue weighted by atomic mass is 9.93. The van der Waals surface area contributed by atoms with Gasteiger partial charge in [-0.05, 0) is 25.5 Å². The summed E-state index contributed by atoms with van der Waals surface area (Å²) in [6.45, 7) is 3.96. The zero-order valence-electron chi connectivity index (χ0n) is 12.2. The number of nitrogens with two attached hydrogens (primary N) is 1. The van der Waals surface area contributed by atoms with Gasteiger partial charge in [0.15, 0.2) is 0 Å². The van der Waals surface area contributed by atoms with Crippen molar-refractivity contribution >= 4 is 17.7 Å². The van der Waals surface area contributed by atoms with Gasteiger partial charge in [-0.3, -0.25) is 0 Å². The molecule has 0 radical (unpaired) electrons. The first-order valence-corrected chi connectivity index (χ1v) is 7.75. The molecule has 0 aliphatic heterocycles. The first kappa shape index (κ1) is 15.7. The van der Waals surface area contributed by atoms with Crippen molar-refractivity contribution in [2.45, 2.75) is 24.3 Å². The fourth-order valence-corrected chi connectivity index (χ4v) is 3.04. The maximum atomic E-state index is 12.3. The number of hydrogen-bond acceptors (Lipinski definition) is 5. The second kappa shape index (κ2) is 6.83. The Hall–Kier alpha value is -1.72. The fourth-order valence-electron chi connectivity index (χ4n) is 1.97. The summed E-state index contributed by atoms with van der Waals surface area (Å²) in [5, 5.41) is 0. The fraction of sp³-hybridized carbons (Fsp3) is 0.312. The summed E-state index contributed by atoms with van der Waals surface area (Å²) >= 11 is 1.49. The summed E-state index contributed by atoms with van der Waals surface area (Å²) < 4.78 is 10.4. The molecule has 0 saturated carbocycles. The second-order valence-electron chi connectivity index (χ2n) is 4.69. The van der Waals surface area contributed by atoms with E-state index in [9.17, 15) is 4.79 Å². The lowest BCUT2D eigenvalue weighted by molar-refractivity contribution is -0.149. The largest absolute Gasteiger partial charge is 0.468 e. The third kappa shape index (κ3) is 3.49. The Bertz CT molecular complexity index is 597. The molecule has 0 aliphatic rings. The highest BCUT2D eigenvalue weighted by molar-refractivity contribution is 7.99. The van der Waals surface area contributed by atoms with E-state index in [0.29, 0.717) is 12.4 Å². The van der Waals surface area contributed by atoms with Crippen LogP contribution in [0.15, 0.2) is 52.0 Å². The van der Waals surface area contributed by atoms with Gasteiger partial charge in [-0.1, -0.05) is 30.3 Å². The first-order valence-electron chi connectivity index (χ1n) is 6.76. The van der Waals surface area contributed by atoms with Crippen molar-refractivity contribution in [3.05, 3.63) is 54.0 Å². The highest BCUT2D eigenvalue weighted by Gasteiger charge is 2.37. The predicted molar refractivity (Wildman–Crippen MR) is 83.1 cm³/mol. The smallest absolute Gasteiger partial charge is 0.331 e. The molecule has 2 aromatic rings. The van der Waals surface area contributed by atoms with Crippen LogP contribution in [0.2, 0.25) is 0 Å². The van der Waals surface area contributed by atoms with Gasteiger partial charge in [0.1, 0.15) is 11.3 Å². The number of carbonyl (C=O) groups excluding carboxylic acids is 1. The van der Waals surface area contributed by atoms with Crippen LogP contribution in [-0.4, -0.2) is 18.3 Å². The second-order valence-corrected chi connectivity index (χ2v) is 5.70. The van der Waals surface area contributed by atoms with E-state index in [0.717, 1.165) is 16.2 Å². The van der Waals surface area contributed by atoms with Crippen molar-refractivity contribution in [2.75, 3.05) is 12.4 Å². The number of furan rings is 1. The minimum absolute atomic E-state index is 0.306. The summed E-state index contributed by atoms with van der Waals surface area (Å²) in [7, 11) is 0. The van der Waals surface area contributed by atoms with E-state index in [-0.39, 0.29) is 0 Å². The van der Waals surface area contributed by atoms with E-state index in [1.165, 1.54) is 11.8 Å². The van der Waals surface area contributed by atoms with Crippen molar-refractivity contribution in [3.8, 4) is 0 Å². The molecule has 1 aromatic carbocycles. The minimum Gasteiger partial charge on any atom is -0.468 e. The normalized spacial score (nSPS) is 13.7. The Morgan fingerprint density at radius 2 is 2.05 bits per heavy atom. The average Bonchev–Trinajstić information content (AvgIpc) is 2.91. The SMILES string of the molecule is CCOC(=O)C(N)(CSc1ccoc1C)c1ccccc1. The lowest BCUT2D eigenvalue weighted by Crippen LogP contribution is -2.48. The first-order chi connectivity index (χ1) is 10.1. The van der Waals surface area contributed by atoms with E-state index >= 15 is 0 Å². The molecule has 4 nitrogen and oxygen atoms in total. The molecule has 0 amide bonds. The Labute approximate surface area is 128 Å². The highest BCUT2D eigenvalue weighted by atomic mass is 32.2. The van der Waals surface area contributed by atoms with Gasteiger partial charge in [0.05, 0.1) is 12.9 Å². The third-order valence-corrected chi connectivity index (χ3v) is 4.53. The number of hydrogen-bond donors (Lipinski definition) is 1. The number of ether oxygens (including phenoxy) is 1. The number of aryl methyl sites for hydroxylation is 1. The van der Waals surface area contributed by atoms with Crippen LogP contribution < -0.4 is 5.73 Å². The van der Waals surface area contributed by atoms with Crippen LogP contribution in [0.4, 0.5) is 0 Å². The minimum atomic E-state index is -1.17. The van der Waals surface area contributed by atoms with Crippen LogP contribution in [0.3, 0.4) is 0 Å². The van der Waals surface area contributed by atoms with Gasteiger partial charge in [0, 0.05) is 10.6 Å². The molecule has 0 bridgehead atoms. The van der Waals surface area contributed by atoms with Crippen LogP contribution in [0.25, 0.3) is 0 Å². The molecule has 1 atom stereocenters. The number of benzene rings is 1. The molecule has 2 rings (SSSR count). The molecule has 21 heavy (non-hydrogen) atoms. The van der Waals surface area contributed by atoms with Crippen molar-refractivity contribution in [2.24, 2.45) is 5.73 Å². The van der Waals surface area contributed by atoms with E-state index in [2.05, 4.69) is 0 Å². The molecule has 2 N–H and O–H groups in total. The molecule has 0 saturated heterocycles. The molecular formula is C16H19NO3S. The van der Waals surface area contributed by atoms with Crippen molar-refractivity contribution in [1.29, 1.82) is 0 Å². The van der Waals surface area contributed by atoms with E-state index in [1.54, 1.807) is 13.2 Å². The van der Waals surface area contributed by atoms with E-state index in [4.69, 9.17) is 14.9 Å². The number of thioether (sulfide) groups is 1. The Morgan fingerprint density at radius 3 is 2.62 bits per heavy atom. The van der Waals surface area contributed by atoms with Gasteiger partial charge in [0.2, 0.25) is 0 Å². The zero-order valence-corrected chi connectivity index (χ0v) is 13.0. The van der Waals surface area contributed by atoms with Crippen molar-refractivity contribution in [1.82, 2.24) is 0 Å². The van der Waals surface area contributed by atoms with Gasteiger partial charge in [0.25, 0.3) is 0 Å². The summed E-state index contributed by atoms with van der Waals surface area (Å²) in [4.78, 5) is 13.3. The van der Waals surface area contributed by atoms with Crippen LogP contribution in [0.1, 0.15) is 18.2 Å². The predicted octanol–water partition coefficient (Wildman–Crippen LogP) is 3.10. The van der Waals surface area contributed by atoms with Gasteiger partial charge < -0.3 is 14.9 Å². The van der Waals surface area contributed by atoms with Crippen LogP contribution in [-0.2, 0) is 15.1 Å². The Kier molecular flexibility index (Phi) is 5.09. The number of carbonyl (C=O) groups is 1. The summed E-state index contributed by atoms with van der Waals surface area (Å²) in [6.07, 6.45) is 1.63. The topological polar surface area (TPSA) is 65.5 Å². The van der Waals surface area contributed by atoms with Crippen molar-refractivity contribution < 1.29 is 13.9 Å². The molecule has 0 fully saturated rings. The number of rotatable bonds is 6. The van der Waals surface area contributed by atoms with Crippen LogP contribution in [0.5, 0.6) is 0 Å².